The number of aromatic nitrogens is 3. The second-order valence-corrected chi connectivity index (χ2v) is 4.55. The number of hydrazine groups is 1. The Morgan fingerprint density at radius 3 is 2.65 bits per heavy atom. The van der Waals surface area contributed by atoms with Crippen molar-refractivity contribution < 1.29 is 4.74 Å². The number of hydrogen-bond donors (Lipinski definition) is 3. The zero-order valence-corrected chi connectivity index (χ0v) is 11.0. The van der Waals surface area contributed by atoms with Gasteiger partial charge in [0.2, 0.25) is 11.9 Å². The van der Waals surface area contributed by atoms with E-state index in [-0.39, 0.29) is 12.0 Å². The van der Waals surface area contributed by atoms with Crippen molar-refractivity contribution in [3.05, 3.63) is 0 Å². The van der Waals surface area contributed by atoms with Crippen molar-refractivity contribution in [2.45, 2.75) is 19.1 Å². The minimum absolute atomic E-state index is 0.259. The second-order valence-electron chi connectivity index (χ2n) is 3.27. The standard InChI is InChI=1S/C9H18N6OS/c1-4-16-9-13-7(11-5-6(2)17-3)12-8(14-9)15-10/h6H,4-5,10H2,1-3H3,(H2,11,12,13,14,15). The topological polar surface area (TPSA) is 98.0 Å². The van der Waals surface area contributed by atoms with Crippen molar-refractivity contribution >= 4 is 23.7 Å². The number of nitrogens with one attached hydrogen (secondary N) is 2. The van der Waals surface area contributed by atoms with Gasteiger partial charge >= 0.3 is 6.01 Å². The van der Waals surface area contributed by atoms with Gasteiger partial charge < -0.3 is 10.1 Å². The first kappa shape index (κ1) is 13.8. The lowest BCUT2D eigenvalue weighted by atomic mass is 10.5. The third-order valence-corrected chi connectivity index (χ3v) is 2.94. The Bertz CT molecular complexity index is 350. The first-order valence-electron chi connectivity index (χ1n) is 5.31. The number of nitrogens with two attached hydrogens (primary N) is 1. The van der Waals surface area contributed by atoms with Gasteiger partial charge in [-0.25, -0.2) is 5.84 Å². The van der Waals surface area contributed by atoms with E-state index < -0.39 is 0 Å². The SMILES string of the molecule is CCOc1nc(NN)nc(NCC(C)SC)n1. The van der Waals surface area contributed by atoms with Crippen LogP contribution in [0.5, 0.6) is 6.01 Å². The fraction of sp³-hybridized carbons (Fsp3) is 0.667. The molecule has 0 aliphatic rings. The zero-order valence-electron chi connectivity index (χ0n) is 10.2. The highest BCUT2D eigenvalue weighted by Crippen LogP contribution is 2.11. The summed E-state index contributed by atoms with van der Waals surface area (Å²) in [5.41, 5.74) is 2.38. The number of thioether (sulfide) groups is 1. The van der Waals surface area contributed by atoms with E-state index in [1.54, 1.807) is 11.8 Å². The molecule has 1 rings (SSSR count). The molecule has 8 heteroatoms. The molecule has 4 N–H and O–H groups in total. The van der Waals surface area contributed by atoms with Crippen LogP contribution in [0.3, 0.4) is 0 Å². The lowest BCUT2D eigenvalue weighted by molar-refractivity contribution is 0.312. The minimum atomic E-state index is 0.259. The van der Waals surface area contributed by atoms with Gasteiger partial charge in [0.05, 0.1) is 6.61 Å². The van der Waals surface area contributed by atoms with Gasteiger partial charge in [0, 0.05) is 11.8 Å². The number of ether oxygens (including phenoxy) is 1. The van der Waals surface area contributed by atoms with E-state index in [1.165, 1.54) is 0 Å². The maximum atomic E-state index is 5.28. The molecule has 0 aliphatic heterocycles. The van der Waals surface area contributed by atoms with Crippen molar-refractivity contribution in [3.63, 3.8) is 0 Å². The number of nitrogens with zero attached hydrogens (tertiary/aromatic N) is 3. The van der Waals surface area contributed by atoms with Crippen LogP contribution < -0.4 is 21.3 Å². The van der Waals surface area contributed by atoms with Crippen LogP contribution in [0.15, 0.2) is 0 Å². The highest BCUT2D eigenvalue weighted by molar-refractivity contribution is 7.99. The average molecular weight is 258 g/mol. The Kier molecular flexibility index (Phi) is 5.78. The molecule has 1 heterocycles. The summed E-state index contributed by atoms with van der Waals surface area (Å²) in [6.45, 7) is 5.24. The zero-order chi connectivity index (χ0) is 12.7. The molecule has 96 valence electrons. The summed E-state index contributed by atoms with van der Waals surface area (Å²) in [7, 11) is 0. The summed E-state index contributed by atoms with van der Waals surface area (Å²) in [5.74, 6) is 6.01. The summed E-state index contributed by atoms with van der Waals surface area (Å²) >= 11 is 1.76. The van der Waals surface area contributed by atoms with Crippen LogP contribution in [0.1, 0.15) is 13.8 Å². The molecule has 1 aromatic rings. The molecule has 1 aromatic heterocycles. The van der Waals surface area contributed by atoms with Crippen molar-refractivity contribution in [2.24, 2.45) is 5.84 Å². The van der Waals surface area contributed by atoms with Crippen LogP contribution in [0.4, 0.5) is 11.9 Å². The minimum Gasteiger partial charge on any atom is -0.464 e. The maximum Gasteiger partial charge on any atom is 0.323 e. The van der Waals surface area contributed by atoms with E-state index in [2.05, 4.69) is 38.9 Å². The first-order chi connectivity index (χ1) is 8.19. The molecule has 0 saturated carbocycles. The molecule has 0 spiro atoms. The third-order valence-electron chi connectivity index (χ3n) is 1.97. The largest absolute Gasteiger partial charge is 0.464 e. The fourth-order valence-corrected chi connectivity index (χ4v) is 1.26. The van der Waals surface area contributed by atoms with Crippen molar-refractivity contribution in [1.82, 2.24) is 15.0 Å². The molecule has 0 radical (unpaired) electrons. The van der Waals surface area contributed by atoms with Crippen LogP contribution in [0.25, 0.3) is 0 Å². The molecule has 0 bridgehead atoms. The monoisotopic (exact) mass is 258 g/mol. The second kappa shape index (κ2) is 7.13. The molecule has 0 aliphatic carbocycles. The summed E-state index contributed by atoms with van der Waals surface area (Å²) in [4.78, 5) is 12.2. The van der Waals surface area contributed by atoms with Crippen LogP contribution in [0, 0.1) is 0 Å². The molecule has 0 saturated heterocycles. The summed E-state index contributed by atoms with van der Waals surface area (Å²) in [6, 6.07) is 0.259. The maximum absolute atomic E-state index is 5.28. The lowest BCUT2D eigenvalue weighted by Gasteiger charge is -2.11. The Balaban J connectivity index is 2.72. The Hall–Kier alpha value is -1.28. The van der Waals surface area contributed by atoms with Gasteiger partial charge in [0.25, 0.3) is 0 Å². The summed E-state index contributed by atoms with van der Waals surface area (Å²) in [6.07, 6.45) is 2.05. The van der Waals surface area contributed by atoms with Crippen molar-refractivity contribution in [3.8, 4) is 6.01 Å². The predicted octanol–water partition coefficient (Wildman–Crippen LogP) is 0.719. The number of anilines is 2. The highest BCUT2D eigenvalue weighted by Gasteiger charge is 2.07. The van der Waals surface area contributed by atoms with E-state index in [0.717, 1.165) is 6.54 Å². The van der Waals surface area contributed by atoms with E-state index >= 15 is 0 Å². The lowest BCUT2D eigenvalue weighted by Crippen LogP contribution is -2.18. The van der Waals surface area contributed by atoms with Crippen LogP contribution in [-0.4, -0.2) is 39.6 Å². The third kappa shape index (κ3) is 4.61. The van der Waals surface area contributed by atoms with Gasteiger partial charge in [-0.2, -0.15) is 26.7 Å². The predicted molar refractivity (Wildman–Crippen MR) is 70.3 cm³/mol. The fourth-order valence-electron chi connectivity index (χ4n) is 1.01. The molecule has 7 nitrogen and oxygen atoms in total. The average Bonchev–Trinajstić information content (AvgIpc) is 2.36. The number of rotatable bonds is 7. The van der Waals surface area contributed by atoms with Crippen LogP contribution in [-0.2, 0) is 0 Å². The molecular weight excluding hydrogens is 240 g/mol. The normalized spacial score (nSPS) is 12.0. The van der Waals surface area contributed by atoms with Crippen molar-refractivity contribution in [1.29, 1.82) is 0 Å². The van der Waals surface area contributed by atoms with Gasteiger partial charge in [0.1, 0.15) is 0 Å². The van der Waals surface area contributed by atoms with Gasteiger partial charge in [-0.3, -0.25) is 5.43 Å². The molecular formula is C9H18N6OS. The summed E-state index contributed by atoms with van der Waals surface area (Å²) in [5, 5.41) is 3.58. The molecule has 0 fully saturated rings. The van der Waals surface area contributed by atoms with E-state index in [1.807, 2.05) is 6.92 Å². The smallest absolute Gasteiger partial charge is 0.323 e. The Labute approximate surface area is 105 Å². The molecule has 1 unspecified atom stereocenters. The molecule has 1 atom stereocenters. The van der Waals surface area contributed by atoms with Gasteiger partial charge in [0.15, 0.2) is 0 Å². The van der Waals surface area contributed by atoms with Gasteiger partial charge in [-0.05, 0) is 13.2 Å². The highest BCUT2D eigenvalue weighted by atomic mass is 32.2. The van der Waals surface area contributed by atoms with Crippen molar-refractivity contribution in [2.75, 3.05) is 30.1 Å². The Morgan fingerprint density at radius 2 is 2.06 bits per heavy atom. The van der Waals surface area contributed by atoms with Gasteiger partial charge in [-0.15, -0.1) is 0 Å². The molecule has 17 heavy (non-hydrogen) atoms. The molecule has 0 aromatic carbocycles. The van der Waals surface area contributed by atoms with Crippen LogP contribution >= 0.6 is 11.8 Å². The van der Waals surface area contributed by atoms with Gasteiger partial charge in [-0.1, -0.05) is 6.92 Å². The summed E-state index contributed by atoms with van der Waals surface area (Å²) < 4.78 is 5.22. The van der Waals surface area contributed by atoms with E-state index in [4.69, 9.17) is 10.6 Å². The quantitative estimate of drug-likeness (QED) is 0.486. The number of hydrogen-bond acceptors (Lipinski definition) is 8. The van der Waals surface area contributed by atoms with E-state index in [0.29, 0.717) is 17.8 Å². The Morgan fingerprint density at radius 1 is 1.35 bits per heavy atom. The molecule has 0 amide bonds. The number of nitrogen functional groups attached to an aromatic ring is 1. The van der Waals surface area contributed by atoms with Crippen LogP contribution in [0.2, 0.25) is 0 Å². The first-order valence-corrected chi connectivity index (χ1v) is 6.60. The van der Waals surface area contributed by atoms with E-state index in [9.17, 15) is 0 Å².